The molecular formula is C107H101Ir5N10-5. The van der Waals surface area contributed by atoms with E-state index in [2.05, 4.69) is 355 Å². The third-order valence-electron chi connectivity index (χ3n) is 23.5. The molecule has 0 aliphatic heterocycles. The first-order valence-corrected chi connectivity index (χ1v) is 41.7. The fourth-order valence-electron chi connectivity index (χ4n) is 17.8. The molecule has 0 spiro atoms. The van der Waals surface area contributed by atoms with Crippen LogP contribution in [0.15, 0.2) is 243 Å². The van der Waals surface area contributed by atoms with Gasteiger partial charge < -0.3 is 22.0 Å². The first-order valence-electron chi connectivity index (χ1n) is 41.7. The summed E-state index contributed by atoms with van der Waals surface area (Å²) in [6.07, 6.45) is 21.0. The molecule has 11 aromatic carbocycles. The molecule has 15 heteroatoms. The van der Waals surface area contributed by atoms with Gasteiger partial charge in [0.15, 0.2) is 0 Å². The fraction of sp³-hybridized carbons (Fsp3) is 0.262. The van der Waals surface area contributed by atoms with Gasteiger partial charge in [-0.15, -0.1) is 148 Å². The van der Waals surface area contributed by atoms with Gasteiger partial charge in [-0.3, -0.25) is 24.9 Å². The maximum absolute atomic E-state index is 4.93. The molecule has 629 valence electrons. The SMILES string of the molecule is CC(C)(C)Cc1ccc2c(c1)c1ccc[c-]c1c1nc3ccccc3n21.CC(C)(C)c1c[c-]c2c(c1)c1cc(C(C)(C)C)ccc1n1ccnc21.CC(C)c1cn2c3ccccc3c3ccc[c-]c3c2n1.Cc1ccc2c(c1)c1ccc[c-]c1c1nc(CC(C)(C)C)cn21.[Ir].[Ir].[Ir].[Ir].[Ir].[c-]1cccc2c1c1nccn1c1ccc(C3CCCCC3)cc21. The second-order valence-electron chi connectivity index (χ2n) is 37.2. The molecule has 0 unspecified atom stereocenters. The molecule has 1 saturated carbocycles. The molecule has 5 radical (unpaired) electrons. The number of rotatable bonds is 4. The maximum Gasteiger partial charge on any atom is 0.0774 e. The Morgan fingerprint density at radius 2 is 0.844 bits per heavy atom. The molecule has 0 bridgehead atoms. The van der Waals surface area contributed by atoms with Gasteiger partial charge in [-0.2, -0.15) is 0 Å². The largest absolute Gasteiger partial charge is 0.340 e. The minimum atomic E-state index is 0. The van der Waals surface area contributed by atoms with Crippen molar-refractivity contribution in [2.75, 3.05) is 0 Å². The molecule has 1 aliphatic carbocycles. The van der Waals surface area contributed by atoms with Crippen LogP contribution < -0.4 is 0 Å². The molecule has 10 aromatic heterocycles. The summed E-state index contributed by atoms with van der Waals surface area (Å²) in [6, 6.07) is 90.6. The zero-order valence-electron chi connectivity index (χ0n) is 71.8. The fourth-order valence-corrected chi connectivity index (χ4v) is 17.8. The molecule has 0 N–H and O–H groups in total. The van der Waals surface area contributed by atoms with Crippen molar-refractivity contribution in [3.05, 3.63) is 313 Å². The molecule has 10 heterocycles. The van der Waals surface area contributed by atoms with Crippen molar-refractivity contribution in [2.24, 2.45) is 10.8 Å². The van der Waals surface area contributed by atoms with Gasteiger partial charge in [0, 0.05) is 177 Å². The van der Waals surface area contributed by atoms with Gasteiger partial charge in [0.1, 0.15) is 0 Å². The topological polar surface area (TPSA) is 86.5 Å². The average Bonchev–Trinajstić information content (AvgIpc) is 1.52. The minimum absolute atomic E-state index is 0. The maximum atomic E-state index is 4.93. The Labute approximate surface area is 782 Å². The number of aromatic nitrogens is 10. The number of hydrogen-bond donors (Lipinski definition) is 0. The number of fused-ring (bicyclic) bond motifs is 32. The Morgan fingerprint density at radius 3 is 1.44 bits per heavy atom. The van der Waals surface area contributed by atoms with Crippen molar-refractivity contribution in [3.8, 4) is 0 Å². The third-order valence-corrected chi connectivity index (χ3v) is 23.5. The summed E-state index contributed by atoms with van der Waals surface area (Å²) in [6.45, 7) is 33.6. The molecule has 122 heavy (non-hydrogen) atoms. The first-order chi connectivity index (χ1) is 56.3. The first kappa shape index (κ1) is 90.7. The van der Waals surface area contributed by atoms with Gasteiger partial charge in [0.25, 0.3) is 0 Å². The van der Waals surface area contributed by atoms with Gasteiger partial charge >= 0.3 is 0 Å². The number of hydrogen-bond acceptors (Lipinski definition) is 5. The van der Waals surface area contributed by atoms with Crippen LogP contribution >= 0.6 is 0 Å². The van der Waals surface area contributed by atoms with E-state index in [1.54, 1.807) is 0 Å². The Kier molecular flexibility index (Phi) is 27.0. The number of para-hydroxylation sites is 3. The van der Waals surface area contributed by atoms with Crippen molar-refractivity contribution < 1.29 is 101 Å². The zero-order chi connectivity index (χ0) is 81.0. The van der Waals surface area contributed by atoms with Crippen molar-refractivity contribution in [3.63, 3.8) is 0 Å². The third kappa shape index (κ3) is 17.6. The van der Waals surface area contributed by atoms with E-state index in [1.165, 1.54) is 141 Å². The molecular weight excluding hydrogens is 2390 g/mol. The van der Waals surface area contributed by atoms with E-state index in [4.69, 9.17) is 15.0 Å². The number of nitrogens with zero attached hydrogens (tertiary/aromatic N) is 10. The van der Waals surface area contributed by atoms with E-state index in [-0.39, 0.29) is 122 Å². The van der Waals surface area contributed by atoms with E-state index >= 15 is 0 Å². The predicted molar refractivity (Wildman–Crippen MR) is 491 cm³/mol. The van der Waals surface area contributed by atoms with Gasteiger partial charge in [-0.25, -0.2) is 0 Å². The summed E-state index contributed by atoms with van der Waals surface area (Å²) in [4.78, 5) is 23.8. The van der Waals surface area contributed by atoms with Crippen LogP contribution in [0.5, 0.6) is 0 Å². The normalized spacial score (nSPS) is 12.8. The van der Waals surface area contributed by atoms with E-state index in [0.29, 0.717) is 5.92 Å². The Bertz CT molecular complexity index is 7270. The standard InChI is InChI=1S/C24H21N2.C23H25N2.C21H19N2.C21H21N2.C18H15N2.5Ir/c1-24(2,3)15-16-12-13-21-19(14-16)17-8-4-5-9-18(17)23-25-20-10-6-7-11-22(20)26(21)23;1-22(2,3)15-7-9-17-18(13-15)19-14-16(23(4,5)6)8-10-20(19)25-12-11-24-21(17)25;1-2-6-15(7-3-1)16-10-11-20-19(14-16)17-8-4-5-9-18(17)21-22-12-13-23(20)21;1-14-9-10-19-18(11-14)16-7-5-6-8-17(16)20-22-15(13-23(19)20)12-21(2,3)4;1-12(2)16-11-20-17-10-6-5-8-14(17)13-7-3-4-9-15(13)18(20)19-16;;;;;/h4-8,10-14H,15H2,1-3H3;7-8,10-14H,1-6H3;4-5,8,10-15H,1-3,6-7H2;5-7,9-11,13H,12H2,1-4H3;3-8,10-12H,1-2H3;;;;;/q5*-1;;;;;. The smallest absolute Gasteiger partial charge is 0.0774 e. The van der Waals surface area contributed by atoms with E-state index < -0.39 is 0 Å². The summed E-state index contributed by atoms with van der Waals surface area (Å²) >= 11 is 0. The number of benzene rings is 11. The van der Waals surface area contributed by atoms with Crippen LogP contribution in [0.4, 0.5) is 0 Å². The molecule has 0 atom stereocenters. The Morgan fingerprint density at radius 1 is 0.377 bits per heavy atom. The second-order valence-corrected chi connectivity index (χ2v) is 37.2. The molecule has 21 aromatic rings. The quantitative estimate of drug-likeness (QED) is 0.129. The Balaban J connectivity index is 0.000000130. The van der Waals surface area contributed by atoms with Gasteiger partial charge in [0.05, 0.1) is 39.3 Å². The van der Waals surface area contributed by atoms with Gasteiger partial charge in [0.2, 0.25) is 0 Å². The second kappa shape index (κ2) is 36.3. The van der Waals surface area contributed by atoms with Crippen LogP contribution in [-0.4, -0.2) is 46.9 Å². The van der Waals surface area contributed by atoms with Crippen LogP contribution in [0.25, 0.3) is 148 Å². The van der Waals surface area contributed by atoms with E-state index in [1.807, 2.05) is 55.0 Å². The van der Waals surface area contributed by atoms with E-state index in [9.17, 15) is 0 Å². The number of pyridine rings is 5. The summed E-state index contributed by atoms with van der Waals surface area (Å²) in [5.41, 5.74) is 23.0. The average molecular weight is 2490 g/mol. The van der Waals surface area contributed by atoms with Crippen molar-refractivity contribution in [2.45, 2.75) is 171 Å². The van der Waals surface area contributed by atoms with Crippen molar-refractivity contribution in [1.82, 2.24) is 46.9 Å². The summed E-state index contributed by atoms with van der Waals surface area (Å²) in [7, 11) is 0. The predicted octanol–water partition coefficient (Wildman–Crippen LogP) is 27.6. The molecule has 1 aliphatic rings. The van der Waals surface area contributed by atoms with Crippen molar-refractivity contribution >= 4 is 148 Å². The van der Waals surface area contributed by atoms with Crippen LogP contribution in [-0.2, 0) is 124 Å². The minimum Gasteiger partial charge on any atom is -0.340 e. The van der Waals surface area contributed by atoms with E-state index in [0.717, 1.165) is 96.3 Å². The molecule has 22 rings (SSSR count). The zero-order valence-corrected chi connectivity index (χ0v) is 83.8. The molecule has 0 amide bonds. The van der Waals surface area contributed by atoms with Crippen molar-refractivity contribution in [1.29, 1.82) is 0 Å². The number of imidazole rings is 5. The monoisotopic (exact) mass is 2490 g/mol. The summed E-state index contributed by atoms with van der Waals surface area (Å²) < 4.78 is 11.1. The molecule has 0 saturated heterocycles. The molecule has 1 fully saturated rings. The Hall–Kier alpha value is -9.02. The van der Waals surface area contributed by atoms with Crippen LogP contribution in [0.3, 0.4) is 0 Å². The van der Waals surface area contributed by atoms with Gasteiger partial charge in [-0.05, 0) is 152 Å². The van der Waals surface area contributed by atoms with Crippen LogP contribution in [0, 0.1) is 48.1 Å². The van der Waals surface area contributed by atoms with Crippen LogP contribution in [0.2, 0.25) is 0 Å². The molecule has 10 nitrogen and oxygen atoms in total. The van der Waals surface area contributed by atoms with Crippen LogP contribution in [0.1, 0.15) is 180 Å². The summed E-state index contributed by atoms with van der Waals surface area (Å²) in [5.74, 6) is 1.15. The van der Waals surface area contributed by atoms with Gasteiger partial charge in [-0.1, -0.05) is 228 Å². The number of aryl methyl sites for hydroxylation is 1. The summed E-state index contributed by atoms with van der Waals surface area (Å²) in [5, 5.41) is 18.1.